The van der Waals surface area contributed by atoms with Crippen LogP contribution in [0.5, 0.6) is 28.7 Å². The van der Waals surface area contributed by atoms with Crippen LogP contribution < -0.4 is 14.2 Å². The molecule has 176 valence electrons. The molecule has 32 heavy (non-hydrogen) atoms. The van der Waals surface area contributed by atoms with Gasteiger partial charge in [0, 0.05) is 11.6 Å². The maximum absolute atomic E-state index is 13.5. The fourth-order valence-electron chi connectivity index (χ4n) is 3.48. The maximum atomic E-state index is 13.5. The van der Waals surface area contributed by atoms with E-state index < -0.39 is 18.5 Å². The van der Waals surface area contributed by atoms with Crippen LogP contribution in [0, 0.1) is 0 Å². The van der Waals surface area contributed by atoms with Crippen LogP contribution in [0.15, 0.2) is 18.2 Å². The van der Waals surface area contributed by atoms with Gasteiger partial charge < -0.3 is 39.4 Å². The number of phenols is 2. The Labute approximate surface area is 186 Å². The highest BCUT2D eigenvalue weighted by Crippen LogP contribution is 2.40. The normalized spacial score (nSPS) is 11.8. The molecule has 0 amide bonds. The summed E-state index contributed by atoms with van der Waals surface area (Å²) in [4.78, 5) is 13.5. The summed E-state index contributed by atoms with van der Waals surface area (Å²) < 4.78 is 21.3. The zero-order valence-electron chi connectivity index (χ0n) is 18.7. The minimum atomic E-state index is -1.02. The predicted octanol–water partition coefficient (Wildman–Crippen LogP) is 1.83. The van der Waals surface area contributed by atoms with Gasteiger partial charge in [-0.25, -0.2) is 0 Å². The van der Waals surface area contributed by atoms with Crippen molar-refractivity contribution in [1.82, 2.24) is 0 Å². The number of phenolic OH excluding ortho intramolecular Hbond substituents is 2. The molecule has 0 saturated heterocycles. The Kier molecular flexibility index (Phi) is 9.13. The number of ether oxygens (including phenoxy) is 4. The lowest BCUT2D eigenvalue weighted by Crippen LogP contribution is -2.20. The summed E-state index contributed by atoms with van der Waals surface area (Å²) in [6.45, 7) is 1.40. The number of aliphatic hydroxyl groups excluding tert-OH is 2. The van der Waals surface area contributed by atoms with Crippen LogP contribution in [0.3, 0.4) is 0 Å². The third-order valence-corrected chi connectivity index (χ3v) is 5.03. The Balaban J connectivity index is 2.53. The van der Waals surface area contributed by atoms with Crippen molar-refractivity contribution in [3.63, 3.8) is 0 Å². The summed E-state index contributed by atoms with van der Waals surface area (Å²) in [7, 11) is 4.32. The van der Waals surface area contributed by atoms with Gasteiger partial charge in [0.05, 0.1) is 46.7 Å². The van der Waals surface area contributed by atoms with Crippen LogP contribution in [-0.4, -0.2) is 73.5 Å². The molecule has 2 rings (SSSR count). The first-order valence-electron chi connectivity index (χ1n) is 10.1. The van der Waals surface area contributed by atoms with E-state index in [0.717, 1.165) is 6.07 Å². The molecular formula is C23H30O9. The number of methoxy groups -OCH3 is 3. The Bertz CT molecular complexity index is 915. The molecule has 4 N–H and O–H groups in total. The lowest BCUT2D eigenvalue weighted by Gasteiger charge is -2.18. The van der Waals surface area contributed by atoms with Gasteiger partial charge in [-0.3, -0.25) is 4.79 Å². The second-order valence-electron chi connectivity index (χ2n) is 7.00. The smallest absolute Gasteiger partial charge is 0.203 e. The van der Waals surface area contributed by atoms with E-state index in [4.69, 9.17) is 24.1 Å². The van der Waals surface area contributed by atoms with Crippen LogP contribution in [0.2, 0.25) is 0 Å². The second-order valence-corrected chi connectivity index (χ2v) is 7.00. The predicted molar refractivity (Wildman–Crippen MR) is 116 cm³/mol. The summed E-state index contributed by atoms with van der Waals surface area (Å²) in [6.07, 6.45) is -0.413. The van der Waals surface area contributed by atoms with Gasteiger partial charge in [-0.05, 0) is 36.1 Å². The van der Waals surface area contributed by atoms with E-state index in [-0.39, 0.29) is 53.8 Å². The number of aromatic hydroxyl groups is 2. The van der Waals surface area contributed by atoms with Crippen molar-refractivity contribution in [3.05, 3.63) is 40.5 Å². The Hall–Kier alpha value is -3.01. The summed E-state index contributed by atoms with van der Waals surface area (Å²) in [5, 5.41) is 39.2. The summed E-state index contributed by atoms with van der Waals surface area (Å²) in [5.74, 6) is -0.103. The van der Waals surface area contributed by atoms with E-state index in [1.54, 1.807) is 0 Å². The molecule has 9 nitrogen and oxygen atoms in total. The van der Waals surface area contributed by atoms with Crippen LogP contribution in [0.4, 0.5) is 0 Å². The quantitative estimate of drug-likeness (QED) is 0.282. The first-order chi connectivity index (χ1) is 15.3. The fraction of sp³-hybridized carbons (Fsp3) is 0.435. The topological polar surface area (TPSA) is 135 Å². The minimum Gasteiger partial charge on any atom is -0.508 e. The summed E-state index contributed by atoms with van der Waals surface area (Å²) in [5.41, 5.74) is 1.16. The van der Waals surface area contributed by atoms with Crippen LogP contribution in [-0.2, 0) is 17.6 Å². The van der Waals surface area contributed by atoms with E-state index in [2.05, 4.69) is 0 Å². The Morgan fingerprint density at radius 3 is 2.09 bits per heavy atom. The number of rotatable bonds is 12. The van der Waals surface area contributed by atoms with Gasteiger partial charge in [0.1, 0.15) is 17.6 Å². The van der Waals surface area contributed by atoms with E-state index >= 15 is 0 Å². The fourth-order valence-corrected chi connectivity index (χ4v) is 3.48. The monoisotopic (exact) mass is 450 g/mol. The highest BCUT2D eigenvalue weighted by molar-refractivity contribution is 6.12. The lowest BCUT2D eigenvalue weighted by molar-refractivity contribution is 0.00716. The van der Waals surface area contributed by atoms with Gasteiger partial charge in [-0.1, -0.05) is 6.92 Å². The van der Waals surface area contributed by atoms with Crippen LogP contribution in [0.25, 0.3) is 0 Å². The lowest BCUT2D eigenvalue weighted by atomic mass is 9.90. The Morgan fingerprint density at radius 1 is 0.969 bits per heavy atom. The molecule has 0 aliphatic carbocycles. The maximum Gasteiger partial charge on any atom is 0.203 e. The van der Waals surface area contributed by atoms with Gasteiger partial charge >= 0.3 is 0 Å². The van der Waals surface area contributed by atoms with E-state index in [9.17, 15) is 20.1 Å². The van der Waals surface area contributed by atoms with Crippen molar-refractivity contribution in [1.29, 1.82) is 0 Å². The van der Waals surface area contributed by atoms with E-state index in [1.165, 1.54) is 33.5 Å². The molecule has 0 heterocycles. The molecule has 0 bridgehead atoms. The SMILES string of the molecule is CCc1c(O)cc(O)c(C(=O)c2cc(OC)c(OC)c(OC)c2)c1CCOCC(O)CO. The molecule has 0 radical (unpaired) electrons. The van der Waals surface area contributed by atoms with Gasteiger partial charge in [0.15, 0.2) is 17.3 Å². The van der Waals surface area contributed by atoms with Crippen molar-refractivity contribution in [2.75, 3.05) is 41.2 Å². The second kappa shape index (κ2) is 11.6. The highest BCUT2D eigenvalue weighted by Gasteiger charge is 2.25. The highest BCUT2D eigenvalue weighted by atomic mass is 16.5. The molecule has 1 atom stereocenters. The largest absolute Gasteiger partial charge is 0.508 e. The molecule has 0 fully saturated rings. The summed E-state index contributed by atoms with van der Waals surface area (Å²) >= 11 is 0. The number of carbonyl (C=O) groups is 1. The summed E-state index contributed by atoms with van der Waals surface area (Å²) in [6, 6.07) is 4.11. The zero-order chi connectivity index (χ0) is 23.8. The van der Waals surface area contributed by atoms with Crippen molar-refractivity contribution in [2.45, 2.75) is 25.9 Å². The van der Waals surface area contributed by atoms with Gasteiger partial charge in [-0.2, -0.15) is 0 Å². The average Bonchev–Trinajstić information content (AvgIpc) is 2.79. The molecule has 0 spiro atoms. The van der Waals surface area contributed by atoms with Gasteiger partial charge in [-0.15, -0.1) is 0 Å². The number of carbonyl (C=O) groups excluding carboxylic acids is 1. The molecule has 1 unspecified atom stereocenters. The number of hydrogen-bond donors (Lipinski definition) is 4. The Morgan fingerprint density at radius 2 is 1.59 bits per heavy atom. The zero-order valence-corrected chi connectivity index (χ0v) is 18.7. The number of aliphatic hydroxyl groups is 2. The van der Waals surface area contributed by atoms with E-state index in [1.807, 2.05) is 6.92 Å². The van der Waals surface area contributed by atoms with Crippen molar-refractivity contribution >= 4 is 5.78 Å². The molecular weight excluding hydrogens is 420 g/mol. The number of ketones is 1. The third-order valence-electron chi connectivity index (χ3n) is 5.03. The van der Waals surface area contributed by atoms with Crippen LogP contribution in [0.1, 0.15) is 34.0 Å². The van der Waals surface area contributed by atoms with Crippen molar-refractivity contribution in [2.24, 2.45) is 0 Å². The molecule has 0 aliphatic rings. The molecule has 0 aliphatic heterocycles. The average molecular weight is 450 g/mol. The number of hydrogen-bond acceptors (Lipinski definition) is 9. The van der Waals surface area contributed by atoms with Gasteiger partial charge in [0.25, 0.3) is 0 Å². The number of benzene rings is 2. The van der Waals surface area contributed by atoms with Crippen molar-refractivity contribution in [3.8, 4) is 28.7 Å². The molecule has 2 aromatic carbocycles. The molecule has 2 aromatic rings. The molecule has 0 aromatic heterocycles. The minimum absolute atomic E-state index is 0.0280. The van der Waals surface area contributed by atoms with E-state index in [0.29, 0.717) is 23.3 Å². The first-order valence-corrected chi connectivity index (χ1v) is 10.1. The van der Waals surface area contributed by atoms with Gasteiger partial charge in [0.2, 0.25) is 5.75 Å². The first kappa shape index (κ1) is 25.3. The van der Waals surface area contributed by atoms with Crippen LogP contribution >= 0.6 is 0 Å². The molecule has 9 heteroatoms. The standard InChI is InChI=1S/C23H30O9/c1-5-15-16(6-7-32-12-14(25)11-24)21(18(27)10-17(15)26)22(28)13-8-19(29-2)23(31-4)20(9-13)30-3/h8-10,14,24-27H,5-7,11-12H2,1-4H3. The molecule has 0 saturated carbocycles. The van der Waals surface area contributed by atoms with Crippen molar-refractivity contribution < 1.29 is 44.2 Å². The third kappa shape index (κ3) is 5.42.